The Morgan fingerprint density at radius 2 is 1.61 bits per heavy atom. The van der Waals surface area contributed by atoms with Gasteiger partial charge in [0.15, 0.2) is 0 Å². The van der Waals surface area contributed by atoms with E-state index < -0.39 is 0 Å². The molecule has 2 aliphatic heterocycles. The molecule has 218 valence electrons. The lowest BCUT2D eigenvalue weighted by Crippen LogP contribution is -2.64. The van der Waals surface area contributed by atoms with Crippen molar-refractivity contribution >= 4 is 11.9 Å². The zero-order chi connectivity index (χ0) is 28.3. The molecule has 0 radical (unpaired) electrons. The first-order valence-electron chi connectivity index (χ1n) is 15.5. The lowest BCUT2D eigenvalue weighted by Gasteiger charge is -2.59. The largest absolute Gasteiger partial charge is 0.491 e. The molecule has 8 heteroatoms. The number of pyridine rings is 1. The van der Waals surface area contributed by atoms with E-state index in [1.165, 1.54) is 0 Å². The monoisotopic (exact) mass is 558 g/mol. The topological polar surface area (TPSA) is 107 Å². The van der Waals surface area contributed by atoms with Gasteiger partial charge in [-0.1, -0.05) is 12.1 Å². The van der Waals surface area contributed by atoms with Crippen LogP contribution in [0.4, 0.5) is 4.79 Å². The number of nitrogens with zero attached hydrogens (tertiary/aromatic N) is 2. The number of nitrogens with two attached hydrogens (primary N) is 1. The van der Waals surface area contributed by atoms with Crippen molar-refractivity contribution in [3.05, 3.63) is 42.6 Å². The highest BCUT2D eigenvalue weighted by atomic mass is 16.5. The fourth-order valence-electron chi connectivity index (χ4n) is 9.12. The van der Waals surface area contributed by atoms with E-state index in [9.17, 15) is 9.59 Å². The smallest absolute Gasteiger partial charge is 0.318 e. The number of nitrogens with one attached hydrogen (secondary N) is 1. The number of piperidine rings is 1. The molecule has 4 atom stereocenters. The van der Waals surface area contributed by atoms with Crippen LogP contribution in [0.25, 0.3) is 11.1 Å². The second-order valence-corrected chi connectivity index (χ2v) is 13.7. The molecule has 8 rings (SSSR count). The number of benzene rings is 1. The SMILES string of the molecule is CC(C)Oc1ccc(-c2ccc(OC3CC4CCC(C3)N4C(=O)NC3C4CC5CC3CC(C(N)=O)(C5)C4)nc2)cc1. The summed E-state index contributed by atoms with van der Waals surface area (Å²) < 4.78 is 12.1. The van der Waals surface area contributed by atoms with Crippen LogP contribution >= 0.6 is 0 Å². The molecule has 4 aliphatic carbocycles. The second kappa shape index (κ2) is 10.2. The summed E-state index contributed by atoms with van der Waals surface area (Å²) in [7, 11) is 0. The van der Waals surface area contributed by atoms with Crippen molar-refractivity contribution in [1.82, 2.24) is 15.2 Å². The first kappa shape index (κ1) is 26.6. The molecule has 2 saturated heterocycles. The number of carbonyl (C=O) groups is 2. The molecule has 3 N–H and O–H groups in total. The normalized spacial score (nSPS) is 35.0. The van der Waals surface area contributed by atoms with Gasteiger partial charge in [-0.2, -0.15) is 0 Å². The maximum atomic E-state index is 13.6. The van der Waals surface area contributed by atoms with Crippen LogP contribution in [0.3, 0.4) is 0 Å². The Bertz CT molecular complexity index is 1270. The summed E-state index contributed by atoms with van der Waals surface area (Å²) in [5.41, 5.74) is 7.66. The van der Waals surface area contributed by atoms with Crippen LogP contribution in [0, 0.1) is 23.2 Å². The Labute approximate surface area is 242 Å². The molecular formula is C33H42N4O4. The Kier molecular flexibility index (Phi) is 6.62. The summed E-state index contributed by atoms with van der Waals surface area (Å²) in [6.45, 7) is 4.04. The Balaban J connectivity index is 0.952. The number of rotatable bonds is 7. The quantitative estimate of drug-likeness (QED) is 0.480. The minimum atomic E-state index is -0.328. The van der Waals surface area contributed by atoms with Gasteiger partial charge in [-0.3, -0.25) is 4.79 Å². The molecule has 41 heavy (non-hydrogen) atoms. The van der Waals surface area contributed by atoms with Crippen LogP contribution in [0.5, 0.6) is 11.6 Å². The number of carbonyl (C=O) groups excluding carboxylic acids is 2. The van der Waals surface area contributed by atoms with Gasteiger partial charge >= 0.3 is 6.03 Å². The first-order chi connectivity index (χ1) is 19.8. The molecule has 2 aromatic rings. The van der Waals surface area contributed by atoms with Crippen LogP contribution in [-0.2, 0) is 4.79 Å². The van der Waals surface area contributed by atoms with E-state index >= 15 is 0 Å². The van der Waals surface area contributed by atoms with Gasteiger partial charge in [-0.15, -0.1) is 0 Å². The van der Waals surface area contributed by atoms with Crippen molar-refractivity contribution in [1.29, 1.82) is 0 Å². The van der Waals surface area contributed by atoms with Crippen molar-refractivity contribution < 1.29 is 19.1 Å². The van der Waals surface area contributed by atoms with E-state index in [1.807, 2.05) is 56.4 Å². The predicted molar refractivity (Wildman–Crippen MR) is 155 cm³/mol. The van der Waals surface area contributed by atoms with Crippen molar-refractivity contribution in [2.45, 2.75) is 102 Å². The predicted octanol–water partition coefficient (Wildman–Crippen LogP) is 5.30. The first-order valence-corrected chi connectivity index (χ1v) is 15.5. The summed E-state index contributed by atoms with van der Waals surface area (Å²) in [5, 5.41) is 3.46. The molecule has 8 nitrogen and oxygen atoms in total. The Hall–Kier alpha value is -3.29. The number of aromatic nitrogens is 1. The van der Waals surface area contributed by atoms with Gasteiger partial charge in [0.25, 0.3) is 0 Å². The summed E-state index contributed by atoms with van der Waals surface area (Å²) in [6, 6.07) is 12.7. The van der Waals surface area contributed by atoms with Gasteiger partial charge in [0, 0.05) is 54.2 Å². The third-order valence-corrected chi connectivity index (χ3v) is 10.6. The van der Waals surface area contributed by atoms with Crippen LogP contribution in [0.1, 0.15) is 71.6 Å². The van der Waals surface area contributed by atoms with Gasteiger partial charge in [0.05, 0.1) is 6.10 Å². The lowest BCUT2D eigenvalue weighted by atomic mass is 9.47. The lowest BCUT2D eigenvalue weighted by molar-refractivity contribution is -0.145. The molecule has 6 fully saturated rings. The van der Waals surface area contributed by atoms with Crippen LogP contribution in [-0.4, -0.2) is 52.2 Å². The standard InChI is InChI=1S/C33H42N4O4/c1-19(2)40-27-8-3-21(4-9-27)22-5-10-29(35-18-22)41-28-13-25-6-7-26(14-28)37(25)32(39)36-30-23-11-20-12-24(30)17-33(15-20,16-23)31(34)38/h3-5,8-10,18-20,23-26,28,30H,6-7,11-17H2,1-2H3,(H2,34,38)(H,36,39). The van der Waals surface area contributed by atoms with E-state index in [0.717, 1.165) is 74.7 Å². The highest BCUT2D eigenvalue weighted by Crippen LogP contribution is 2.60. The Morgan fingerprint density at radius 3 is 2.20 bits per heavy atom. The average molecular weight is 559 g/mol. The minimum absolute atomic E-state index is 0.0546. The average Bonchev–Trinajstić information content (AvgIpc) is 3.21. The van der Waals surface area contributed by atoms with Crippen molar-refractivity contribution in [3.8, 4) is 22.8 Å². The maximum absolute atomic E-state index is 13.6. The highest BCUT2D eigenvalue weighted by molar-refractivity contribution is 5.82. The number of urea groups is 1. The summed E-state index contributed by atoms with van der Waals surface area (Å²) >= 11 is 0. The third kappa shape index (κ3) is 4.93. The van der Waals surface area contributed by atoms with E-state index in [1.54, 1.807) is 0 Å². The van der Waals surface area contributed by atoms with Crippen molar-refractivity contribution in [2.24, 2.45) is 28.9 Å². The fraction of sp³-hybridized carbons (Fsp3) is 0.606. The van der Waals surface area contributed by atoms with E-state index in [-0.39, 0.29) is 47.7 Å². The van der Waals surface area contributed by atoms with Gasteiger partial charge in [0.2, 0.25) is 11.8 Å². The van der Waals surface area contributed by atoms with E-state index in [2.05, 4.69) is 15.2 Å². The number of primary amides is 1. The van der Waals surface area contributed by atoms with Crippen LogP contribution in [0.2, 0.25) is 0 Å². The zero-order valence-corrected chi connectivity index (χ0v) is 24.1. The molecule has 3 amide bonds. The molecular weight excluding hydrogens is 516 g/mol. The summed E-state index contributed by atoms with van der Waals surface area (Å²) in [4.78, 5) is 32.7. The summed E-state index contributed by atoms with van der Waals surface area (Å²) in [6.07, 6.45) is 10.6. The zero-order valence-electron chi connectivity index (χ0n) is 24.1. The molecule has 6 aliphatic rings. The molecule has 0 spiro atoms. The fourth-order valence-corrected chi connectivity index (χ4v) is 9.12. The number of ether oxygens (including phenoxy) is 2. The number of amides is 3. The molecule has 3 heterocycles. The van der Waals surface area contributed by atoms with Gasteiger partial charge < -0.3 is 25.4 Å². The van der Waals surface area contributed by atoms with Crippen LogP contribution < -0.4 is 20.5 Å². The second-order valence-electron chi connectivity index (χ2n) is 13.7. The number of hydrogen-bond acceptors (Lipinski definition) is 5. The van der Waals surface area contributed by atoms with E-state index in [0.29, 0.717) is 23.6 Å². The van der Waals surface area contributed by atoms with Gasteiger partial charge in [-0.25, -0.2) is 9.78 Å². The molecule has 1 aromatic carbocycles. The molecule has 6 bridgehead atoms. The molecule has 4 unspecified atom stereocenters. The van der Waals surface area contributed by atoms with Crippen molar-refractivity contribution in [3.63, 3.8) is 0 Å². The number of fused-ring (bicyclic) bond motifs is 2. The Morgan fingerprint density at radius 1 is 0.951 bits per heavy atom. The highest BCUT2D eigenvalue weighted by Gasteiger charge is 2.58. The minimum Gasteiger partial charge on any atom is -0.491 e. The number of hydrogen-bond donors (Lipinski definition) is 2. The van der Waals surface area contributed by atoms with Gasteiger partial charge in [-0.05, 0) is 100 Å². The molecule has 4 saturated carbocycles. The van der Waals surface area contributed by atoms with Gasteiger partial charge in [0.1, 0.15) is 11.9 Å². The summed E-state index contributed by atoms with van der Waals surface area (Å²) in [5.74, 6) is 2.70. The van der Waals surface area contributed by atoms with Crippen LogP contribution in [0.15, 0.2) is 42.6 Å². The molecule has 1 aromatic heterocycles. The van der Waals surface area contributed by atoms with E-state index in [4.69, 9.17) is 15.2 Å². The van der Waals surface area contributed by atoms with Crippen molar-refractivity contribution in [2.75, 3.05) is 0 Å². The third-order valence-electron chi connectivity index (χ3n) is 10.6. The maximum Gasteiger partial charge on any atom is 0.318 e.